The lowest BCUT2D eigenvalue weighted by atomic mass is 10.2. The van der Waals surface area contributed by atoms with Gasteiger partial charge >= 0.3 is 5.97 Å². The molecule has 0 heterocycles. The van der Waals surface area contributed by atoms with Crippen LogP contribution in [0.3, 0.4) is 0 Å². The monoisotopic (exact) mass is 245 g/mol. The SMILES string of the molecule is CCOCCOC(C)C(=O)NC1(C(=O)O)CC1. The molecule has 0 saturated heterocycles. The molecule has 0 bridgehead atoms. The number of hydrogen-bond donors (Lipinski definition) is 2. The summed E-state index contributed by atoms with van der Waals surface area (Å²) < 4.78 is 10.3. The molecule has 0 aromatic rings. The Kier molecular flexibility index (Phi) is 4.89. The second-order valence-electron chi connectivity index (χ2n) is 4.09. The summed E-state index contributed by atoms with van der Waals surface area (Å²) in [7, 11) is 0. The van der Waals surface area contributed by atoms with Gasteiger partial charge in [-0.15, -0.1) is 0 Å². The van der Waals surface area contributed by atoms with Gasteiger partial charge in [0.05, 0.1) is 13.2 Å². The molecule has 1 unspecified atom stereocenters. The maximum Gasteiger partial charge on any atom is 0.329 e. The molecule has 17 heavy (non-hydrogen) atoms. The predicted molar refractivity (Wildman–Crippen MR) is 59.7 cm³/mol. The highest BCUT2D eigenvalue weighted by molar-refractivity contribution is 5.91. The van der Waals surface area contributed by atoms with E-state index in [1.165, 1.54) is 0 Å². The highest BCUT2D eigenvalue weighted by atomic mass is 16.5. The minimum absolute atomic E-state index is 0.322. The zero-order valence-electron chi connectivity index (χ0n) is 10.2. The fourth-order valence-corrected chi connectivity index (χ4v) is 1.36. The topological polar surface area (TPSA) is 84.9 Å². The molecule has 1 fully saturated rings. The van der Waals surface area contributed by atoms with E-state index in [4.69, 9.17) is 14.6 Å². The zero-order valence-corrected chi connectivity index (χ0v) is 10.2. The van der Waals surface area contributed by atoms with Gasteiger partial charge in [0.2, 0.25) is 5.91 Å². The molecule has 1 amide bonds. The highest BCUT2D eigenvalue weighted by Crippen LogP contribution is 2.35. The van der Waals surface area contributed by atoms with Crippen molar-refractivity contribution < 1.29 is 24.2 Å². The van der Waals surface area contributed by atoms with Crippen LogP contribution in [0.25, 0.3) is 0 Å². The van der Waals surface area contributed by atoms with Crippen LogP contribution in [0.2, 0.25) is 0 Å². The van der Waals surface area contributed by atoms with E-state index in [9.17, 15) is 9.59 Å². The highest BCUT2D eigenvalue weighted by Gasteiger charge is 2.52. The lowest BCUT2D eigenvalue weighted by Crippen LogP contribution is -2.47. The third-order valence-corrected chi connectivity index (χ3v) is 2.69. The summed E-state index contributed by atoms with van der Waals surface area (Å²) in [6, 6.07) is 0. The molecule has 0 aromatic heterocycles. The van der Waals surface area contributed by atoms with Crippen molar-refractivity contribution >= 4 is 11.9 Å². The number of carbonyl (C=O) groups is 2. The zero-order chi connectivity index (χ0) is 12.9. The van der Waals surface area contributed by atoms with Gasteiger partial charge in [0.15, 0.2) is 0 Å². The fraction of sp³-hybridized carbons (Fsp3) is 0.818. The second kappa shape index (κ2) is 5.97. The standard InChI is InChI=1S/C11H19NO5/c1-3-16-6-7-17-8(2)9(13)12-11(4-5-11)10(14)15/h8H,3-7H2,1-2H3,(H,12,13)(H,14,15). The van der Waals surface area contributed by atoms with E-state index in [0.29, 0.717) is 32.7 Å². The van der Waals surface area contributed by atoms with E-state index in [1.54, 1.807) is 6.92 Å². The van der Waals surface area contributed by atoms with Crippen LogP contribution in [-0.4, -0.2) is 48.4 Å². The number of carboxylic acid groups (broad SMARTS) is 1. The lowest BCUT2D eigenvalue weighted by Gasteiger charge is -2.17. The minimum atomic E-state index is -1.05. The minimum Gasteiger partial charge on any atom is -0.480 e. The first-order valence-corrected chi connectivity index (χ1v) is 5.76. The van der Waals surface area contributed by atoms with Gasteiger partial charge < -0.3 is 19.9 Å². The van der Waals surface area contributed by atoms with E-state index in [-0.39, 0.29) is 5.91 Å². The van der Waals surface area contributed by atoms with E-state index in [0.717, 1.165) is 0 Å². The van der Waals surface area contributed by atoms with Crippen molar-refractivity contribution in [1.82, 2.24) is 5.32 Å². The molecule has 0 aliphatic heterocycles. The number of ether oxygens (including phenoxy) is 2. The molecule has 2 N–H and O–H groups in total. The number of amides is 1. The van der Waals surface area contributed by atoms with E-state index < -0.39 is 17.6 Å². The van der Waals surface area contributed by atoms with Crippen molar-refractivity contribution in [3.63, 3.8) is 0 Å². The molecule has 6 heteroatoms. The Hall–Kier alpha value is -1.14. The summed E-state index contributed by atoms with van der Waals surface area (Å²) in [5.74, 6) is -1.37. The largest absolute Gasteiger partial charge is 0.480 e. The summed E-state index contributed by atoms with van der Waals surface area (Å²) >= 11 is 0. The van der Waals surface area contributed by atoms with Crippen LogP contribution >= 0.6 is 0 Å². The first-order chi connectivity index (χ1) is 8.02. The van der Waals surface area contributed by atoms with Crippen molar-refractivity contribution in [3.05, 3.63) is 0 Å². The molecule has 0 spiro atoms. The summed E-state index contributed by atoms with van der Waals surface area (Å²) in [5.41, 5.74) is -1.05. The van der Waals surface area contributed by atoms with Gasteiger partial charge in [-0.3, -0.25) is 4.79 Å². The molecule has 1 rings (SSSR count). The number of aliphatic carboxylic acids is 1. The van der Waals surface area contributed by atoms with E-state index >= 15 is 0 Å². The summed E-state index contributed by atoms with van der Waals surface area (Å²) in [4.78, 5) is 22.5. The fourth-order valence-electron chi connectivity index (χ4n) is 1.36. The van der Waals surface area contributed by atoms with Crippen molar-refractivity contribution in [2.24, 2.45) is 0 Å². The lowest BCUT2D eigenvalue weighted by molar-refractivity contribution is -0.145. The maximum absolute atomic E-state index is 11.6. The van der Waals surface area contributed by atoms with Crippen LogP contribution in [0.4, 0.5) is 0 Å². The van der Waals surface area contributed by atoms with E-state index in [1.807, 2.05) is 6.92 Å². The van der Waals surface area contributed by atoms with Gasteiger partial charge in [0.1, 0.15) is 11.6 Å². The third kappa shape index (κ3) is 3.98. The smallest absolute Gasteiger partial charge is 0.329 e. The average molecular weight is 245 g/mol. The number of hydrogen-bond acceptors (Lipinski definition) is 4. The van der Waals surface area contributed by atoms with Crippen LogP contribution < -0.4 is 5.32 Å². The number of carbonyl (C=O) groups excluding carboxylic acids is 1. The van der Waals surface area contributed by atoms with Crippen molar-refractivity contribution in [2.45, 2.75) is 38.3 Å². The second-order valence-corrected chi connectivity index (χ2v) is 4.09. The van der Waals surface area contributed by atoms with Gasteiger partial charge in [-0.05, 0) is 26.7 Å². The molecule has 98 valence electrons. The first-order valence-electron chi connectivity index (χ1n) is 5.76. The molecule has 6 nitrogen and oxygen atoms in total. The molecule has 1 saturated carbocycles. The molecule has 1 aliphatic carbocycles. The molecule has 0 aromatic carbocycles. The summed E-state index contributed by atoms with van der Waals surface area (Å²) in [6.45, 7) is 4.83. The van der Waals surface area contributed by atoms with E-state index in [2.05, 4.69) is 5.32 Å². The number of nitrogens with one attached hydrogen (secondary N) is 1. The Morgan fingerprint density at radius 2 is 2.06 bits per heavy atom. The predicted octanol–water partition coefficient (Wildman–Crippen LogP) is 0.161. The molecule has 1 atom stereocenters. The maximum atomic E-state index is 11.6. The Bertz CT molecular complexity index is 288. The summed E-state index contributed by atoms with van der Waals surface area (Å²) in [6.07, 6.45) is 0.312. The quantitative estimate of drug-likeness (QED) is 0.595. The Morgan fingerprint density at radius 3 is 2.53 bits per heavy atom. The van der Waals surface area contributed by atoms with Gasteiger partial charge in [-0.2, -0.15) is 0 Å². The number of carboxylic acids is 1. The normalized spacial score (nSPS) is 18.5. The van der Waals surface area contributed by atoms with Gasteiger partial charge in [-0.25, -0.2) is 4.79 Å². The Morgan fingerprint density at radius 1 is 1.41 bits per heavy atom. The van der Waals surface area contributed by atoms with Crippen LogP contribution in [0.15, 0.2) is 0 Å². The Labute approximate surface area is 100 Å². The van der Waals surface area contributed by atoms with Gasteiger partial charge in [-0.1, -0.05) is 0 Å². The summed E-state index contributed by atoms with van der Waals surface area (Å²) in [5, 5.41) is 11.4. The van der Waals surface area contributed by atoms with Crippen LogP contribution in [-0.2, 0) is 19.1 Å². The van der Waals surface area contributed by atoms with Crippen LogP contribution in [0, 0.1) is 0 Å². The first kappa shape index (κ1) is 13.9. The molecular formula is C11H19NO5. The molecule has 1 aliphatic rings. The van der Waals surface area contributed by atoms with Crippen molar-refractivity contribution in [1.29, 1.82) is 0 Å². The third-order valence-electron chi connectivity index (χ3n) is 2.69. The Balaban J connectivity index is 2.25. The van der Waals surface area contributed by atoms with Gasteiger partial charge in [0, 0.05) is 6.61 Å². The van der Waals surface area contributed by atoms with Crippen molar-refractivity contribution in [3.8, 4) is 0 Å². The van der Waals surface area contributed by atoms with Gasteiger partial charge in [0.25, 0.3) is 0 Å². The molecular weight excluding hydrogens is 226 g/mol. The van der Waals surface area contributed by atoms with Crippen LogP contribution in [0.1, 0.15) is 26.7 Å². The van der Waals surface area contributed by atoms with Crippen LogP contribution in [0.5, 0.6) is 0 Å². The molecule has 0 radical (unpaired) electrons. The van der Waals surface area contributed by atoms with Crippen molar-refractivity contribution in [2.75, 3.05) is 19.8 Å². The average Bonchev–Trinajstić information content (AvgIpc) is 3.05. The number of rotatable bonds is 8.